The molecule has 172 valence electrons. The third-order valence-electron chi connectivity index (χ3n) is 5.77. The second kappa shape index (κ2) is 9.37. The summed E-state index contributed by atoms with van der Waals surface area (Å²) in [5.41, 5.74) is 1.69. The van der Waals surface area contributed by atoms with Crippen LogP contribution in [0.5, 0.6) is 5.75 Å². The Balaban J connectivity index is 1.56. The number of aromatic nitrogens is 4. The molecule has 2 N–H and O–H groups in total. The van der Waals surface area contributed by atoms with Gasteiger partial charge < -0.3 is 20.3 Å². The number of hydrogen-bond donors (Lipinski definition) is 2. The lowest BCUT2D eigenvalue weighted by molar-refractivity contribution is 0.0916. The summed E-state index contributed by atoms with van der Waals surface area (Å²) in [5.74, 6) is 0.608. The number of aryl methyl sites for hydroxylation is 1. The van der Waals surface area contributed by atoms with Crippen LogP contribution in [0.25, 0.3) is 17.0 Å². The zero-order chi connectivity index (χ0) is 23.5. The number of nitrogens with zero attached hydrogens (tertiary/aromatic N) is 5. The van der Waals surface area contributed by atoms with Gasteiger partial charge in [0, 0.05) is 24.8 Å². The number of methoxy groups -OCH3 is 1. The van der Waals surface area contributed by atoms with Crippen LogP contribution in [0.3, 0.4) is 0 Å². The van der Waals surface area contributed by atoms with Gasteiger partial charge in [-0.3, -0.25) is 9.59 Å². The van der Waals surface area contributed by atoms with E-state index in [0.717, 1.165) is 25.9 Å². The number of hydrogen-bond acceptors (Lipinski definition) is 8. The summed E-state index contributed by atoms with van der Waals surface area (Å²) >= 11 is 0. The Bertz CT molecular complexity index is 1260. The number of rotatable bonds is 6. The van der Waals surface area contributed by atoms with Crippen molar-refractivity contribution in [2.45, 2.75) is 18.9 Å². The second-order valence-corrected chi connectivity index (χ2v) is 8.07. The molecule has 1 fully saturated rings. The Morgan fingerprint density at radius 1 is 1.27 bits per heavy atom. The zero-order valence-corrected chi connectivity index (χ0v) is 19.0. The molecule has 1 saturated heterocycles. The normalized spacial score (nSPS) is 14.8. The van der Waals surface area contributed by atoms with Crippen molar-refractivity contribution in [3.05, 3.63) is 52.6 Å². The molecule has 0 spiro atoms. The Kier molecular flexibility index (Phi) is 6.36. The number of fused-ring (bicyclic) bond motifs is 1. The molecular formula is C23H27N7O3. The van der Waals surface area contributed by atoms with Gasteiger partial charge in [0.1, 0.15) is 17.0 Å². The van der Waals surface area contributed by atoms with E-state index < -0.39 is 0 Å². The molecule has 0 bridgehead atoms. The topological polar surface area (TPSA) is 114 Å². The monoisotopic (exact) mass is 449 g/mol. The molecule has 1 aromatic carbocycles. The van der Waals surface area contributed by atoms with Crippen LogP contribution in [0.1, 0.15) is 28.9 Å². The van der Waals surface area contributed by atoms with E-state index in [0.29, 0.717) is 33.6 Å². The first kappa shape index (κ1) is 22.4. The minimum absolute atomic E-state index is 0.131. The van der Waals surface area contributed by atoms with Crippen LogP contribution in [0.2, 0.25) is 0 Å². The third kappa shape index (κ3) is 4.70. The number of anilines is 2. The summed E-state index contributed by atoms with van der Waals surface area (Å²) in [5, 5.41) is 10.7. The number of nitrogens with one attached hydrogen (secondary N) is 2. The SMILES string of the molecule is C=Cc1nn(C)c(=O)c2cnc(Nc3ccc(C(=O)NC4CCN(C)CC4)cc3OC)nc12. The highest BCUT2D eigenvalue weighted by atomic mass is 16.5. The van der Waals surface area contributed by atoms with Gasteiger partial charge in [0.15, 0.2) is 0 Å². The van der Waals surface area contributed by atoms with Gasteiger partial charge in [-0.15, -0.1) is 0 Å². The van der Waals surface area contributed by atoms with Crippen LogP contribution in [0.15, 0.2) is 35.8 Å². The van der Waals surface area contributed by atoms with Gasteiger partial charge in [0.25, 0.3) is 11.5 Å². The van der Waals surface area contributed by atoms with E-state index in [9.17, 15) is 9.59 Å². The van der Waals surface area contributed by atoms with Crippen molar-refractivity contribution in [2.75, 3.05) is 32.6 Å². The predicted molar refractivity (Wildman–Crippen MR) is 127 cm³/mol. The van der Waals surface area contributed by atoms with Crippen molar-refractivity contribution in [3.63, 3.8) is 0 Å². The lowest BCUT2D eigenvalue weighted by atomic mass is 10.0. The fourth-order valence-electron chi connectivity index (χ4n) is 3.84. The number of benzene rings is 1. The summed E-state index contributed by atoms with van der Waals surface area (Å²) < 4.78 is 6.72. The van der Waals surface area contributed by atoms with Crippen LogP contribution in [-0.2, 0) is 7.05 Å². The maximum Gasteiger partial charge on any atom is 0.277 e. The van der Waals surface area contributed by atoms with Gasteiger partial charge in [0.05, 0.1) is 18.2 Å². The fraction of sp³-hybridized carbons (Fsp3) is 0.348. The molecule has 0 unspecified atom stereocenters. The Morgan fingerprint density at radius 2 is 2.03 bits per heavy atom. The van der Waals surface area contributed by atoms with Gasteiger partial charge in [0.2, 0.25) is 5.95 Å². The first-order valence-corrected chi connectivity index (χ1v) is 10.7. The van der Waals surface area contributed by atoms with E-state index in [2.05, 4.69) is 44.2 Å². The first-order chi connectivity index (χ1) is 15.9. The van der Waals surface area contributed by atoms with E-state index in [-0.39, 0.29) is 23.5 Å². The van der Waals surface area contributed by atoms with E-state index in [1.165, 1.54) is 24.1 Å². The molecule has 0 radical (unpaired) electrons. The smallest absolute Gasteiger partial charge is 0.277 e. The molecule has 3 heterocycles. The van der Waals surface area contributed by atoms with Crippen molar-refractivity contribution >= 4 is 34.5 Å². The van der Waals surface area contributed by atoms with Crippen LogP contribution >= 0.6 is 0 Å². The average molecular weight is 450 g/mol. The molecule has 1 aliphatic heterocycles. The number of carbonyl (C=O) groups is 1. The van der Waals surface area contributed by atoms with E-state index in [1.807, 2.05) is 0 Å². The minimum atomic E-state index is -0.292. The molecule has 0 atom stereocenters. The standard InChI is InChI=1S/C23H27N7O3/c1-5-17-20-16(22(32)30(3)28-17)13-24-23(27-20)26-18-7-6-14(12-19(18)33-4)21(31)25-15-8-10-29(2)11-9-15/h5-7,12-13,15H,1,8-11H2,2-4H3,(H,25,31)(H,24,26,27). The highest BCUT2D eigenvalue weighted by Crippen LogP contribution is 2.28. The number of likely N-dealkylation sites (tertiary alicyclic amines) is 1. The summed E-state index contributed by atoms with van der Waals surface area (Å²) in [6.45, 7) is 5.69. The third-order valence-corrected chi connectivity index (χ3v) is 5.77. The van der Waals surface area contributed by atoms with Crippen LogP contribution in [0.4, 0.5) is 11.6 Å². The summed E-state index contributed by atoms with van der Waals surface area (Å²) in [6, 6.07) is 5.32. The molecule has 10 nitrogen and oxygen atoms in total. The van der Waals surface area contributed by atoms with Gasteiger partial charge >= 0.3 is 0 Å². The van der Waals surface area contributed by atoms with Gasteiger partial charge in [-0.2, -0.15) is 5.10 Å². The largest absolute Gasteiger partial charge is 0.495 e. The minimum Gasteiger partial charge on any atom is -0.495 e. The number of ether oxygens (including phenoxy) is 1. The van der Waals surface area contributed by atoms with Crippen LogP contribution < -0.4 is 20.9 Å². The molecule has 1 amide bonds. The highest BCUT2D eigenvalue weighted by Gasteiger charge is 2.20. The quantitative estimate of drug-likeness (QED) is 0.587. The Hall–Kier alpha value is -3.79. The molecule has 10 heteroatoms. The van der Waals surface area contributed by atoms with E-state index in [1.54, 1.807) is 25.2 Å². The number of amides is 1. The molecule has 1 aliphatic rings. The lowest BCUT2D eigenvalue weighted by Gasteiger charge is -2.29. The van der Waals surface area contributed by atoms with Crippen molar-refractivity contribution in [1.82, 2.24) is 30.0 Å². The Labute approximate surface area is 191 Å². The molecule has 0 aliphatic carbocycles. The lowest BCUT2D eigenvalue weighted by Crippen LogP contribution is -2.43. The number of carbonyl (C=O) groups excluding carboxylic acids is 1. The molecule has 4 rings (SSSR count). The molecule has 33 heavy (non-hydrogen) atoms. The molecule has 3 aromatic rings. The molecular weight excluding hydrogens is 422 g/mol. The van der Waals surface area contributed by atoms with Crippen LogP contribution in [0, 0.1) is 0 Å². The van der Waals surface area contributed by atoms with Crippen molar-refractivity contribution in [3.8, 4) is 5.75 Å². The fourth-order valence-corrected chi connectivity index (χ4v) is 3.84. The second-order valence-electron chi connectivity index (χ2n) is 8.07. The summed E-state index contributed by atoms with van der Waals surface area (Å²) in [7, 11) is 5.18. The molecule has 0 saturated carbocycles. The zero-order valence-electron chi connectivity index (χ0n) is 19.0. The summed E-state index contributed by atoms with van der Waals surface area (Å²) in [4.78, 5) is 36.0. The maximum absolute atomic E-state index is 12.7. The maximum atomic E-state index is 12.7. The first-order valence-electron chi connectivity index (χ1n) is 10.7. The van der Waals surface area contributed by atoms with Crippen molar-refractivity contribution < 1.29 is 9.53 Å². The van der Waals surface area contributed by atoms with Crippen molar-refractivity contribution in [2.24, 2.45) is 7.05 Å². The van der Waals surface area contributed by atoms with Crippen LogP contribution in [-0.4, -0.2) is 63.8 Å². The average Bonchev–Trinajstić information content (AvgIpc) is 2.83. The summed E-state index contributed by atoms with van der Waals surface area (Å²) in [6.07, 6.45) is 4.86. The molecule has 2 aromatic heterocycles. The highest BCUT2D eigenvalue weighted by molar-refractivity contribution is 5.95. The predicted octanol–water partition coefficient (Wildman–Crippen LogP) is 1.94. The van der Waals surface area contributed by atoms with Gasteiger partial charge in [-0.1, -0.05) is 6.58 Å². The van der Waals surface area contributed by atoms with E-state index >= 15 is 0 Å². The van der Waals surface area contributed by atoms with Crippen molar-refractivity contribution in [1.29, 1.82) is 0 Å². The van der Waals surface area contributed by atoms with Gasteiger partial charge in [-0.25, -0.2) is 14.6 Å². The van der Waals surface area contributed by atoms with Gasteiger partial charge in [-0.05, 0) is 57.3 Å². The number of piperidine rings is 1. The van der Waals surface area contributed by atoms with E-state index in [4.69, 9.17) is 4.74 Å². The Morgan fingerprint density at radius 3 is 2.73 bits per heavy atom.